The van der Waals surface area contributed by atoms with E-state index in [4.69, 9.17) is 5.11 Å². The van der Waals surface area contributed by atoms with Crippen molar-refractivity contribution < 1.29 is 24.9 Å². The normalized spacial score (nSPS) is 24.9. The number of aliphatic hydroxyl groups excluding tert-OH is 2. The Balaban J connectivity index is 2.38. The van der Waals surface area contributed by atoms with Gasteiger partial charge in [0.15, 0.2) is 0 Å². The lowest BCUT2D eigenvalue weighted by Gasteiger charge is -2.21. The predicted molar refractivity (Wildman–Crippen MR) is 97.2 cm³/mol. The quantitative estimate of drug-likeness (QED) is 0.348. The average Bonchev–Trinajstić information content (AvgIpc) is 2.82. The van der Waals surface area contributed by atoms with Crippen molar-refractivity contribution in [3.63, 3.8) is 0 Å². The van der Waals surface area contributed by atoms with E-state index in [1.54, 1.807) is 0 Å². The molecule has 1 aliphatic carbocycles. The highest BCUT2D eigenvalue weighted by Gasteiger charge is 2.40. The molecule has 4 atom stereocenters. The number of aliphatic hydroxyl groups is 2. The van der Waals surface area contributed by atoms with E-state index in [0.717, 1.165) is 25.7 Å². The van der Waals surface area contributed by atoms with E-state index in [9.17, 15) is 19.8 Å². The number of allylic oxidation sites excluding steroid dienone is 2. The number of carboxylic acids is 1. The maximum absolute atomic E-state index is 12.1. The highest BCUT2D eigenvalue weighted by molar-refractivity contribution is 5.84. The molecule has 0 aromatic rings. The summed E-state index contributed by atoms with van der Waals surface area (Å²) >= 11 is 0. The highest BCUT2D eigenvalue weighted by Crippen LogP contribution is 2.36. The van der Waals surface area contributed by atoms with Crippen LogP contribution in [0.1, 0.15) is 77.6 Å². The Kier molecular flexibility index (Phi) is 10.7. The number of rotatable bonds is 13. The van der Waals surface area contributed by atoms with Gasteiger partial charge in [0.2, 0.25) is 0 Å². The van der Waals surface area contributed by atoms with Gasteiger partial charge in [-0.15, -0.1) is 0 Å². The van der Waals surface area contributed by atoms with E-state index in [2.05, 4.69) is 6.92 Å². The Bertz CT molecular complexity index is 432. The molecule has 1 saturated carbocycles. The van der Waals surface area contributed by atoms with Crippen LogP contribution < -0.4 is 0 Å². The van der Waals surface area contributed by atoms with Gasteiger partial charge in [0, 0.05) is 18.8 Å². The van der Waals surface area contributed by atoms with Crippen LogP contribution in [0, 0.1) is 11.8 Å². The Morgan fingerprint density at radius 3 is 2.68 bits per heavy atom. The van der Waals surface area contributed by atoms with Gasteiger partial charge in [-0.1, -0.05) is 38.3 Å². The standard InChI is InChI=1S/C20H34O5/c1-2-3-6-9-15(21)12-13-17-16(18(22)14-19(17)23)10-7-4-5-8-11-20(24)25/h4,7,15-17,19,21,23H,2-3,5-6,8-14H2,1H3,(H,24,25)/t15-,16+,17+,19-/m0/s1. The molecule has 3 N–H and O–H groups in total. The lowest BCUT2D eigenvalue weighted by Crippen LogP contribution is -2.22. The van der Waals surface area contributed by atoms with E-state index in [1.165, 1.54) is 0 Å². The molecule has 5 heteroatoms. The minimum Gasteiger partial charge on any atom is -0.481 e. The molecule has 0 aromatic carbocycles. The van der Waals surface area contributed by atoms with E-state index in [0.29, 0.717) is 32.1 Å². The molecule has 0 aliphatic heterocycles. The Labute approximate surface area is 151 Å². The molecule has 0 heterocycles. The van der Waals surface area contributed by atoms with Gasteiger partial charge < -0.3 is 15.3 Å². The Hall–Kier alpha value is -1.20. The van der Waals surface area contributed by atoms with Crippen LogP contribution in [0.5, 0.6) is 0 Å². The number of ketones is 1. The molecule has 25 heavy (non-hydrogen) atoms. The second-order valence-electron chi connectivity index (χ2n) is 7.23. The average molecular weight is 354 g/mol. The van der Waals surface area contributed by atoms with Crippen molar-refractivity contribution in [2.45, 2.75) is 89.8 Å². The number of Topliss-reactive ketones (excluding diaryl/α,β-unsaturated/α-hetero) is 1. The molecule has 0 bridgehead atoms. The van der Waals surface area contributed by atoms with Crippen LogP contribution in [0.4, 0.5) is 0 Å². The summed E-state index contributed by atoms with van der Waals surface area (Å²) in [5, 5.41) is 28.8. The molecule has 0 unspecified atom stereocenters. The summed E-state index contributed by atoms with van der Waals surface area (Å²) in [6, 6.07) is 0. The third kappa shape index (κ3) is 8.63. The first-order chi connectivity index (χ1) is 12.0. The summed E-state index contributed by atoms with van der Waals surface area (Å²) in [5.74, 6) is -0.932. The first-order valence-electron chi connectivity index (χ1n) is 9.71. The number of aliphatic carboxylic acids is 1. The molecule has 5 nitrogen and oxygen atoms in total. The molecule has 1 fully saturated rings. The third-order valence-electron chi connectivity index (χ3n) is 5.13. The van der Waals surface area contributed by atoms with Crippen LogP contribution in [0.3, 0.4) is 0 Å². The number of hydrogen-bond acceptors (Lipinski definition) is 4. The molecule has 0 amide bonds. The molecule has 0 saturated heterocycles. The SMILES string of the molecule is CCCCC[C@H](O)CC[C@H]1[C@@H](O)CC(=O)[C@@H]1CC=CCCCC(=O)O. The number of hydrogen-bond donors (Lipinski definition) is 3. The number of carbonyl (C=O) groups is 2. The number of carboxylic acid groups (broad SMARTS) is 1. The Morgan fingerprint density at radius 1 is 1.24 bits per heavy atom. The first-order valence-corrected chi connectivity index (χ1v) is 9.71. The number of unbranched alkanes of at least 4 members (excludes halogenated alkanes) is 3. The van der Waals surface area contributed by atoms with Crippen LogP contribution >= 0.6 is 0 Å². The van der Waals surface area contributed by atoms with Crippen molar-refractivity contribution in [2.75, 3.05) is 0 Å². The number of carbonyl (C=O) groups excluding carboxylic acids is 1. The topological polar surface area (TPSA) is 94.8 Å². The van der Waals surface area contributed by atoms with Gasteiger partial charge in [-0.2, -0.15) is 0 Å². The summed E-state index contributed by atoms with van der Waals surface area (Å²) in [6.45, 7) is 2.13. The van der Waals surface area contributed by atoms with Crippen LogP contribution in [0.15, 0.2) is 12.2 Å². The van der Waals surface area contributed by atoms with E-state index in [1.807, 2.05) is 12.2 Å². The fourth-order valence-corrected chi connectivity index (χ4v) is 3.61. The summed E-state index contributed by atoms with van der Waals surface area (Å²) < 4.78 is 0. The second-order valence-corrected chi connectivity index (χ2v) is 7.23. The van der Waals surface area contributed by atoms with Crippen LogP contribution in [0.25, 0.3) is 0 Å². The van der Waals surface area contributed by atoms with Crippen LogP contribution in [-0.4, -0.2) is 39.3 Å². The van der Waals surface area contributed by atoms with E-state index < -0.39 is 12.1 Å². The van der Waals surface area contributed by atoms with Gasteiger partial charge >= 0.3 is 5.97 Å². The minimum absolute atomic E-state index is 0.0722. The van der Waals surface area contributed by atoms with Gasteiger partial charge in [-0.25, -0.2) is 0 Å². The largest absolute Gasteiger partial charge is 0.481 e. The molecular weight excluding hydrogens is 320 g/mol. The monoisotopic (exact) mass is 354 g/mol. The zero-order chi connectivity index (χ0) is 18.7. The fraction of sp³-hybridized carbons (Fsp3) is 0.800. The summed E-state index contributed by atoms with van der Waals surface area (Å²) in [5.41, 5.74) is 0. The van der Waals surface area contributed by atoms with Crippen molar-refractivity contribution in [3.05, 3.63) is 12.2 Å². The molecule has 0 aromatic heterocycles. The zero-order valence-corrected chi connectivity index (χ0v) is 15.4. The molecule has 0 radical (unpaired) electrons. The fourth-order valence-electron chi connectivity index (χ4n) is 3.61. The lowest BCUT2D eigenvalue weighted by molar-refractivity contribution is -0.137. The molecular formula is C20H34O5. The van der Waals surface area contributed by atoms with Gasteiger partial charge in [0.1, 0.15) is 5.78 Å². The zero-order valence-electron chi connectivity index (χ0n) is 15.4. The molecule has 144 valence electrons. The van der Waals surface area contributed by atoms with E-state index >= 15 is 0 Å². The van der Waals surface area contributed by atoms with Gasteiger partial charge in [-0.05, 0) is 44.4 Å². The van der Waals surface area contributed by atoms with Crippen LogP contribution in [-0.2, 0) is 9.59 Å². The third-order valence-corrected chi connectivity index (χ3v) is 5.13. The maximum Gasteiger partial charge on any atom is 0.303 e. The molecule has 1 rings (SSSR count). The summed E-state index contributed by atoms with van der Waals surface area (Å²) in [7, 11) is 0. The smallest absolute Gasteiger partial charge is 0.303 e. The molecule has 1 aliphatic rings. The van der Waals surface area contributed by atoms with Crippen molar-refractivity contribution in [3.8, 4) is 0 Å². The summed E-state index contributed by atoms with van der Waals surface area (Å²) in [6.07, 6.45) is 10.6. The first kappa shape index (κ1) is 21.8. The van der Waals surface area contributed by atoms with Crippen LogP contribution in [0.2, 0.25) is 0 Å². The van der Waals surface area contributed by atoms with Gasteiger partial charge in [0.05, 0.1) is 12.2 Å². The van der Waals surface area contributed by atoms with Crippen molar-refractivity contribution in [1.82, 2.24) is 0 Å². The second kappa shape index (κ2) is 12.2. The summed E-state index contributed by atoms with van der Waals surface area (Å²) in [4.78, 5) is 22.6. The predicted octanol–water partition coefficient (Wildman–Crippen LogP) is 3.48. The van der Waals surface area contributed by atoms with Gasteiger partial charge in [0.25, 0.3) is 0 Å². The van der Waals surface area contributed by atoms with Crippen molar-refractivity contribution in [2.24, 2.45) is 11.8 Å². The maximum atomic E-state index is 12.1. The Morgan fingerprint density at radius 2 is 2.00 bits per heavy atom. The van der Waals surface area contributed by atoms with E-state index in [-0.39, 0.29) is 36.6 Å². The lowest BCUT2D eigenvalue weighted by atomic mass is 9.86. The van der Waals surface area contributed by atoms with Gasteiger partial charge in [-0.3, -0.25) is 9.59 Å². The van der Waals surface area contributed by atoms with Crippen molar-refractivity contribution >= 4 is 11.8 Å². The molecule has 0 spiro atoms. The van der Waals surface area contributed by atoms with Crippen molar-refractivity contribution in [1.29, 1.82) is 0 Å². The minimum atomic E-state index is -0.792. The highest BCUT2D eigenvalue weighted by atomic mass is 16.4.